The molecule has 5 nitrogen and oxygen atoms in total. The zero-order chi connectivity index (χ0) is 16.2. The molecule has 3 rings (SSSR count). The molecule has 0 saturated heterocycles. The summed E-state index contributed by atoms with van der Waals surface area (Å²) in [6.45, 7) is -2.51. The Kier molecular flexibility index (Phi) is 4.52. The minimum absolute atomic E-state index is 0.0715. The molecule has 0 bridgehead atoms. The van der Waals surface area contributed by atoms with Crippen molar-refractivity contribution in [3.63, 3.8) is 0 Å². The van der Waals surface area contributed by atoms with E-state index < -0.39 is 6.61 Å². The van der Waals surface area contributed by atoms with E-state index >= 15 is 0 Å². The van der Waals surface area contributed by atoms with E-state index in [2.05, 4.69) is 15.0 Å². The number of halogens is 2. The van der Waals surface area contributed by atoms with Gasteiger partial charge in [-0.2, -0.15) is 8.78 Å². The molecule has 0 aliphatic carbocycles. The highest BCUT2D eigenvalue weighted by molar-refractivity contribution is 7.15. The molecule has 2 aromatic heterocycles. The van der Waals surface area contributed by atoms with E-state index in [1.54, 1.807) is 12.1 Å². The summed E-state index contributed by atoms with van der Waals surface area (Å²) in [6.07, 6.45) is 3.93. The van der Waals surface area contributed by atoms with Gasteiger partial charge in [-0.25, -0.2) is 4.98 Å². The molecule has 0 aliphatic heterocycles. The fourth-order valence-electron chi connectivity index (χ4n) is 2.09. The molecule has 120 valence electrons. The predicted octanol–water partition coefficient (Wildman–Crippen LogP) is 2.86. The van der Waals surface area contributed by atoms with E-state index in [1.165, 1.54) is 23.5 Å². The number of thiazole rings is 1. The third kappa shape index (κ3) is 4.04. The molecule has 0 unspecified atom stereocenters. The summed E-state index contributed by atoms with van der Waals surface area (Å²) in [6, 6.07) is 6.00. The van der Waals surface area contributed by atoms with E-state index in [9.17, 15) is 13.6 Å². The standard InChI is InChI=1S/C15H13F2N3O2S/c16-14(17)22-12-3-1-10(2-4-12)7-13(21)18-8-11-9-20-5-6-23-15(20)19-11/h1-6,9,14H,7-8H2,(H,18,21). The Morgan fingerprint density at radius 2 is 2.13 bits per heavy atom. The van der Waals surface area contributed by atoms with Crippen molar-refractivity contribution in [3.8, 4) is 5.75 Å². The van der Waals surface area contributed by atoms with Gasteiger partial charge in [0.05, 0.1) is 18.7 Å². The monoisotopic (exact) mass is 337 g/mol. The van der Waals surface area contributed by atoms with Crippen LogP contribution in [0.4, 0.5) is 8.78 Å². The molecule has 0 spiro atoms. The number of hydrogen-bond donors (Lipinski definition) is 1. The summed E-state index contributed by atoms with van der Waals surface area (Å²) >= 11 is 1.52. The minimum atomic E-state index is -2.85. The largest absolute Gasteiger partial charge is 0.435 e. The average Bonchev–Trinajstić information content (AvgIpc) is 3.08. The van der Waals surface area contributed by atoms with Crippen molar-refractivity contribution in [2.45, 2.75) is 19.6 Å². The Morgan fingerprint density at radius 3 is 2.83 bits per heavy atom. The number of aromatic nitrogens is 2. The second-order valence-electron chi connectivity index (χ2n) is 4.80. The SMILES string of the molecule is O=C(Cc1ccc(OC(F)F)cc1)NCc1cn2ccsc2n1. The second-order valence-corrected chi connectivity index (χ2v) is 5.67. The highest BCUT2D eigenvalue weighted by Gasteiger charge is 2.08. The van der Waals surface area contributed by atoms with Crippen molar-refractivity contribution in [1.82, 2.24) is 14.7 Å². The Hall–Kier alpha value is -2.48. The number of nitrogens with zero attached hydrogens (tertiary/aromatic N) is 2. The molecule has 0 saturated carbocycles. The molecule has 0 fully saturated rings. The highest BCUT2D eigenvalue weighted by Crippen LogP contribution is 2.15. The lowest BCUT2D eigenvalue weighted by Gasteiger charge is -2.06. The van der Waals surface area contributed by atoms with Gasteiger partial charge in [-0.3, -0.25) is 9.20 Å². The maximum Gasteiger partial charge on any atom is 0.387 e. The summed E-state index contributed by atoms with van der Waals surface area (Å²) in [7, 11) is 0. The van der Waals surface area contributed by atoms with Crippen LogP contribution in [-0.4, -0.2) is 21.9 Å². The number of alkyl halides is 2. The first kappa shape index (κ1) is 15.4. The number of ether oxygens (including phenoxy) is 1. The van der Waals surface area contributed by atoms with Crippen LogP contribution >= 0.6 is 11.3 Å². The number of benzene rings is 1. The van der Waals surface area contributed by atoms with Gasteiger partial charge in [0, 0.05) is 17.8 Å². The summed E-state index contributed by atoms with van der Waals surface area (Å²) in [5.41, 5.74) is 1.50. The zero-order valence-electron chi connectivity index (χ0n) is 11.9. The number of rotatable bonds is 6. The maximum atomic E-state index is 12.1. The smallest absolute Gasteiger partial charge is 0.387 e. The summed E-state index contributed by atoms with van der Waals surface area (Å²) in [5.74, 6) is -0.0916. The van der Waals surface area contributed by atoms with Gasteiger partial charge in [0.1, 0.15) is 5.75 Å². The first-order chi connectivity index (χ1) is 11.1. The molecule has 2 heterocycles. The van der Waals surface area contributed by atoms with Crippen LogP contribution < -0.4 is 10.1 Å². The van der Waals surface area contributed by atoms with E-state index in [1.807, 2.05) is 22.2 Å². The number of carbonyl (C=O) groups excluding carboxylic acids is 1. The van der Waals surface area contributed by atoms with Gasteiger partial charge in [0.15, 0.2) is 4.96 Å². The summed E-state index contributed by atoms with van der Waals surface area (Å²) in [4.78, 5) is 17.2. The number of amides is 1. The van der Waals surface area contributed by atoms with Crippen molar-refractivity contribution in [2.24, 2.45) is 0 Å². The predicted molar refractivity (Wildman–Crippen MR) is 81.7 cm³/mol. The number of hydrogen-bond acceptors (Lipinski definition) is 4. The van der Waals surface area contributed by atoms with Crippen LogP contribution in [0.2, 0.25) is 0 Å². The van der Waals surface area contributed by atoms with Crippen molar-refractivity contribution >= 4 is 22.2 Å². The molecular weight excluding hydrogens is 324 g/mol. The van der Waals surface area contributed by atoms with Crippen molar-refractivity contribution in [3.05, 3.63) is 53.3 Å². The molecule has 0 radical (unpaired) electrons. The molecule has 0 atom stereocenters. The lowest BCUT2D eigenvalue weighted by atomic mass is 10.1. The Balaban J connectivity index is 1.51. The molecular formula is C15H13F2N3O2S. The summed E-state index contributed by atoms with van der Waals surface area (Å²) < 4.78 is 30.3. The van der Waals surface area contributed by atoms with Crippen LogP contribution in [-0.2, 0) is 17.8 Å². The van der Waals surface area contributed by atoms with Crippen LogP contribution in [0.5, 0.6) is 5.75 Å². The van der Waals surface area contributed by atoms with Crippen LogP contribution in [0.25, 0.3) is 4.96 Å². The molecule has 1 amide bonds. The van der Waals surface area contributed by atoms with E-state index in [0.29, 0.717) is 6.54 Å². The third-order valence-electron chi connectivity index (χ3n) is 3.12. The van der Waals surface area contributed by atoms with Crippen molar-refractivity contribution < 1.29 is 18.3 Å². The van der Waals surface area contributed by atoms with Crippen molar-refractivity contribution in [2.75, 3.05) is 0 Å². The lowest BCUT2D eigenvalue weighted by molar-refractivity contribution is -0.120. The second kappa shape index (κ2) is 6.74. The number of imidazole rings is 1. The van der Waals surface area contributed by atoms with Crippen molar-refractivity contribution in [1.29, 1.82) is 0 Å². The van der Waals surface area contributed by atoms with Gasteiger partial charge < -0.3 is 10.1 Å². The molecule has 23 heavy (non-hydrogen) atoms. The molecule has 1 N–H and O–H groups in total. The van der Waals surface area contributed by atoms with Gasteiger partial charge in [-0.15, -0.1) is 11.3 Å². The lowest BCUT2D eigenvalue weighted by Crippen LogP contribution is -2.24. The maximum absolute atomic E-state index is 12.1. The van der Waals surface area contributed by atoms with Crippen LogP contribution in [0.1, 0.15) is 11.3 Å². The Morgan fingerprint density at radius 1 is 1.35 bits per heavy atom. The normalized spacial score (nSPS) is 11.1. The molecule has 0 aliphatic rings. The van der Waals surface area contributed by atoms with Gasteiger partial charge in [-0.1, -0.05) is 12.1 Å². The quantitative estimate of drug-likeness (QED) is 0.752. The van der Waals surface area contributed by atoms with Crippen LogP contribution in [0.3, 0.4) is 0 Å². The van der Waals surface area contributed by atoms with Gasteiger partial charge in [0.25, 0.3) is 0 Å². The average molecular weight is 337 g/mol. The number of carbonyl (C=O) groups is 1. The van der Waals surface area contributed by atoms with E-state index in [4.69, 9.17) is 0 Å². The zero-order valence-corrected chi connectivity index (χ0v) is 12.7. The molecule has 3 aromatic rings. The van der Waals surface area contributed by atoms with Gasteiger partial charge >= 0.3 is 6.61 Å². The first-order valence-electron chi connectivity index (χ1n) is 6.82. The summed E-state index contributed by atoms with van der Waals surface area (Å²) in [5, 5.41) is 4.72. The van der Waals surface area contributed by atoms with Crippen LogP contribution in [0.15, 0.2) is 42.0 Å². The van der Waals surface area contributed by atoms with E-state index in [-0.39, 0.29) is 18.1 Å². The Bertz CT molecular complexity index is 770. The molecule has 8 heteroatoms. The van der Waals surface area contributed by atoms with Gasteiger partial charge in [-0.05, 0) is 17.7 Å². The van der Waals surface area contributed by atoms with Crippen LogP contribution in [0, 0.1) is 0 Å². The fraction of sp³-hybridized carbons (Fsp3) is 0.200. The fourth-order valence-corrected chi connectivity index (χ4v) is 2.81. The third-order valence-corrected chi connectivity index (χ3v) is 3.89. The highest BCUT2D eigenvalue weighted by atomic mass is 32.1. The minimum Gasteiger partial charge on any atom is -0.435 e. The first-order valence-corrected chi connectivity index (χ1v) is 7.69. The number of nitrogens with one attached hydrogen (secondary N) is 1. The van der Waals surface area contributed by atoms with Gasteiger partial charge in [0.2, 0.25) is 5.91 Å². The Labute approximate surface area is 134 Å². The van der Waals surface area contributed by atoms with E-state index in [0.717, 1.165) is 16.2 Å². The topological polar surface area (TPSA) is 55.6 Å². The molecule has 1 aromatic carbocycles. The number of fused-ring (bicyclic) bond motifs is 1.